The fourth-order valence-electron chi connectivity index (χ4n) is 2.04. The molecule has 0 radical (unpaired) electrons. The van der Waals surface area contributed by atoms with Crippen molar-refractivity contribution < 1.29 is 9.84 Å². The van der Waals surface area contributed by atoms with Gasteiger partial charge in [-0.25, -0.2) is 9.97 Å². The summed E-state index contributed by atoms with van der Waals surface area (Å²) < 4.78 is 5.48. The van der Waals surface area contributed by atoms with Gasteiger partial charge < -0.3 is 15.6 Å². The molecule has 106 valence electrons. The molecule has 2 aromatic heterocycles. The fourth-order valence-corrected chi connectivity index (χ4v) is 2.04. The first-order chi connectivity index (χ1) is 10.2. The number of anilines is 1. The second-order valence-electron chi connectivity index (χ2n) is 4.43. The molecule has 0 fully saturated rings. The Morgan fingerprint density at radius 1 is 1.05 bits per heavy atom. The van der Waals surface area contributed by atoms with Crippen LogP contribution in [0.25, 0.3) is 22.3 Å². The average molecular weight is 282 g/mol. The molecule has 0 aliphatic carbocycles. The van der Waals surface area contributed by atoms with Crippen LogP contribution in [0.15, 0.2) is 36.4 Å². The van der Waals surface area contributed by atoms with E-state index in [1.807, 2.05) is 19.1 Å². The lowest BCUT2D eigenvalue weighted by Crippen LogP contribution is -2.02. The van der Waals surface area contributed by atoms with E-state index in [-0.39, 0.29) is 11.7 Å². The van der Waals surface area contributed by atoms with Gasteiger partial charge in [0.15, 0.2) is 5.52 Å². The van der Waals surface area contributed by atoms with Gasteiger partial charge in [0, 0.05) is 5.56 Å². The van der Waals surface area contributed by atoms with Crippen LogP contribution in [-0.2, 0) is 0 Å². The number of ether oxygens (including phenoxy) is 1. The van der Waals surface area contributed by atoms with Crippen molar-refractivity contribution >= 4 is 17.0 Å². The van der Waals surface area contributed by atoms with Crippen molar-refractivity contribution in [3.05, 3.63) is 36.4 Å². The van der Waals surface area contributed by atoms with E-state index in [0.717, 1.165) is 11.3 Å². The molecule has 0 spiro atoms. The van der Waals surface area contributed by atoms with Gasteiger partial charge >= 0.3 is 0 Å². The Kier molecular flexibility index (Phi) is 3.27. The number of phenolic OH excluding ortho intramolecular Hbond substituents is 1. The normalized spacial score (nSPS) is 10.7. The fraction of sp³-hybridized carbons (Fsp3) is 0.133. The van der Waals surface area contributed by atoms with Gasteiger partial charge in [-0.05, 0) is 43.3 Å². The average Bonchev–Trinajstić information content (AvgIpc) is 2.48. The van der Waals surface area contributed by atoms with Crippen molar-refractivity contribution in [1.29, 1.82) is 0 Å². The highest BCUT2D eigenvalue weighted by molar-refractivity contribution is 5.83. The number of benzene rings is 1. The minimum atomic E-state index is 0.158. The van der Waals surface area contributed by atoms with E-state index in [1.165, 1.54) is 0 Å². The summed E-state index contributed by atoms with van der Waals surface area (Å²) in [7, 11) is 0. The third-order valence-electron chi connectivity index (χ3n) is 2.97. The molecule has 0 unspecified atom stereocenters. The molecule has 0 aliphatic heterocycles. The molecule has 0 saturated heterocycles. The predicted molar refractivity (Wildman–Crippen MR) is 80.0 cm³/mol. The summed E-state index contributed by atoms with van der Waals surface area (Å²) in [5, 5.41) is 9.35. The van der Waals surface area contributed by atoms with Crippen molar-refractivity contribution in [2.24, 2.45) is 0 Å². The van der Waals surface area contributed by atoms with E-state index in [9.17, 15) is 5.11 Å². The number of hydrogen-bond donors (Lipinski definition) is 2. The lowest BCUT2D eigenvalue weighted by atomic mass is 10.1. The summed E-state index contributed by atoms with van der Waals surface area (Å²) in [6.07, 6.45) is 0. The number of fused-ring (bicyclic) bond motifs is 1. The van der Waals surface area contributed by atoms with Crippen LogP contribution in [0.2, 0.25) is 0 Å². The number of phenols is 1. The van der Waals surface area contributed by atoms with Gasteiger partial charge in [-0.2, -0.15) is 4.98 Å². The second kappa shape index (κ2) is 5.24. The van der Waals surface area contributed by atoms with Crippen LogP contribution < -0.4 is 10.5 Å². The zero-order chi connectivity index (χ0) is 14.8. The standard InChI is InChI=1S/C15H14N4O2/c1-2-21-14-13-12(18-15(16)19-14)8-7-11(17-13)9-3-5-10(20)6-4-9/h3-8,20H,2H2,1H3,(H2,16,18,19). The highest BCUT2D eigenvalue weighted by atomic mass is 16.5. The number of nitrogens with two attached hydrogens (primary N) is 1. The Bertz CT molecular complexity index is 788. The summed E-state index contributed by atoms with van der Waals surface area (Å²) >= 11 is 0. The number of hydrogen-bond acceptors (Lipinski definition) is 6. The Hall–Kier alpha value is -2.89. The summed E-state index contributed by atoms with van der Waals surface area (Å²) in [4.78, 5) is 12.8. The highest BCUT2D eigenvalue weighted by Crippen LogP contribution is 2.26. The van der Waals surface area contributed by atoms with Crippen LogP contribution >= 0.6 is 0 Å². The van der Waals surface area contributed by atoms with Crippen molar-refractivity contribution in [3.63, 3.8) is 0 Å². The molecule has 0 amide bonds. The zero-order valence-electron chi connectivity index (χ0n) is 11.4. The molecule has 3 N–H and O–H groups in total. The van der Waals surface area contributed by atoms with Crippen LogP contribution in [0.3, 0.4) is 0 Å². The monoisotopic (exact) mass is 282 g/mol. The first-order valence-electron chi connectivity index (χ1n) is 6.54. The van der Waals surface area contributed by atoms with Gasteiger partial charge in [-0.3, -0.25) is 0 Å². The molecular formula is C15H14N4O2. The first-order valence-corrected chi connectivity index (χ1v) is 6.54. The SMILES string of the molecule is CCOc1nc(N)nc2ccc(-c3ccc(O)cc3)nc12. The Labute approximate surface area is 121 Å². The maximum Gasteiger partial charge on any atom is 0.245 e. The molecule has 21 heavy (non-hydrogen) atoms. The molecule has 3 rings (SSSR count). The molecule has 1 aromatic carbocycles. The zero-order valence-corrected chi connectivity index (χ0v) is 11.4. The number of rotatable bonds is 3. The number of nitrogens with zero attached hydrogens (tertiary/aromatic N) is 3. The summed E-state index contributed by atoms with van der Waals surface area (Å²) in [6.45, 7) is 2.34. The van der Waals surface area contributed by atoms with E-state index in [4.69, 9.17) is 10.5 Å². The number of nitrogen functional groups attached to an aromatic ring is 1. The van der Waals surface area contributed by atoms with Gasteiger partial charge in [-0.1, -0.05) is 0 Å². The van der Waals surface area contributed by atoms with Gasteiger partial charge in [0.2, 0.25) is 11.8 Å². The van der Waals surface area contributed by atoms with Gasteiger partial charge in [0.25, 0.3) is 0 Å². The van der Waals surface area contributed by atoms with Gasteiger partial charge in [0.1, 0.15) is 5.75 Å². The molecule has 0 aliphatic rings. The van der Waals surface area contributed by atoms with E-state index < -0.39 is 0 Å². The number of aromatic hydroxyl groups is 1. The maximum absolute atomic E-state index is 9.35. The molecule has 0 bridgehead atoms. The summed E-state index contributed by atoms with van der Waals surface area (Å²) in [6, 6.07) is 10.5. The molecule has 3 aromatic rings. The molecule has 6 nitrogen and oxygen atoms in total. The quantitative estimate of drug-likeness (QED) is 0.766. The lowest BCUT2D eigenvalue weighted by molar-refractivity contribution is 0.330. The van der Waals surface area contributed by atoms with E-state index in [2.05, 4.69) is 15.0 Å². The first kappa shape index (κ1) is 13.1. The third kappa shape index (κ3) is 2.55. The van der Waals surface area contributed by atoms with E-state index >= 15 is 0 Å². The maximum atomic E-state index is 9.35. The topological polar surface area (TPSA) is 94.2 Å². The minimum absolute atomic E-state index is 0.158. The molecule has 0 atom stereocenters. The summed E-state index contributed by atoms with van der Waals surface area (Å²) in [5.41, 5.74) is 8.49. The molecule has 6 heteroatoms. The Balaban J connectivity index is 2.16. The molecular weight excluding hydrogens is 268 g/mol. The van der Waals surface area contributed by atoms with Gasteiger partial charge in [0.05, 0.1) is 17.8 Å². The van der Waals surface area contributed by atoms with Crippen molar-refractivity contribution in [2.75, 3.05) is 12.3 Å². The van der Waals surface area contributed by atoms with Crippen molar-refractivity contribution in [2.45, 2.75) is 6.92 Å². The van der Waals surface area contributed by atoms with Crippen LogP contribution in [0.1, 0.15) is 6.92 Å². The van der Waals surface area contributed by atoms with Crippen LogP contribution in [0.5, 0.6) is 11.6 Å². The van der Waals surface area contributed by atoms with Crippen LogP contribution in [0, 0.1) is 0 Å². The van der Waals surface area contributed by atoms with Crippen LogP contribution in [-0.4, -0.2) is 26.7 Å². The summed E-state index contributed by atoms with van der Waals surface area (Å²) in [5.74, 6) is 0.747. The molecule has 0 saturated carbocycles. The largest absolute Gasteiger partial charge is 0.508 e. The Morgan fingerprint density at radius 2 is 1.81 bits per heavy atom. The second-order valence-corrected chi connectivity index (χ2v) is 4.43. The van der Waals surface area contributed by atoms with E-state index in [0.29, 0.717) is 23.5 Å². The minimum Gasteiger partial charge on any atom is -0.508 e. The lowest BCUT2D eigenvalue weighted by Gasteiger charge is -2.08. The van der Waals surface area contributed by atoms with Crippen molar-refractivity contribution in [3.8, 4) is 22.9 Å². The predicted octanol–water partition coefficient (Wildman–Crippen LogP) is 2.38. The number of pyridine rings is 1. The number of aromatic nitrogens is 3. The Morgan fingerprint density at radius 3 is 2.52 bits per heavy atom. The van der Waals surface area contributed by atoms with Crippen molar-refractivity contribution in [1.82, 2.24) is 15.0 Å². The van der Waals surface area contributed by atoms with Gasteiger partial charge in [-0.15, -0.1) is 0 Å². The smallest absolute Gasteiger partial charge is 0.245 e. The third-order valence-corrected chi connectivity index (χ3v) is 2.97. The van der Waals surface area contributed by atoms with Crippen LogP contribution in [0.4, 0.5) is 5.95 Å². The molecule has 2 heterocycles. The van der Waals surface area contributed by atoms with E-state index in [1.54, 1.807) is 24.3 Å². The highest BCUT2D eigenvalue weighted by Gasteiger charge is 2.10.